The topological polar surface area (TPSA) is 79.8 Å². The number of halogens is 1. The Morgan fingerprint density at radius 1 is 0.962 bits per heavy atom. The molecule has 0 spiro atoms. The van der Waals surface area contributed by atoms with E-state index in [9.17, 15) is 4.79 Å². The van der Waals surface area contributed by atoms with Gasteiger partial charge < -0.3 is 10.6 Å². The molecule has 26 heavy (non-hydrogen) atoms. The van der Waals surface area contributed by atoms with Crippen LogP contribution >= 0.6 is 11.6 Å². The second-order valence-electron chi connectivity index (χ2n) is 5.64. The molecule has 0 aliphatic carbocycles. The Bertz CT molecular complexity index is 838. The monoisotopic (exact) mass is 367 g/mol. The van der Waals surface area contributed by atoms with Gasteiger partial charge in [0, 0.05) is 42.9 Å². The number of carbonyl (C=O) groups excluding carboxylic acids is 1. The molecule has 0 bridgehead atoms. The van der Waals surface area contributed by atoms with Crippen molar-refractivity contribution in [2.24, 2.45) is 0 Å². The van der Waals surface area contributed by atoms with Crippen LogP contribution in [0.3, 0.4) is 0 Å². The molecule has 0 saturated heterocycles. The molecule has 2 aromatic heterocycles. The summed E-state index contributed by atoms with van der Waals surface area (Å²) in [5.41, 5.74) is 2.58. The molecular formula is C19H18ClN5O. The molecule has 7 heteroatoms. The van der Waals surface area contributed by atoms with Gasteiger partial charge in [-0.05, 0) is 41.8 Å². The second kappa shape index (κ2) is 8.92. The van der Waals surface area contributed by atoms with Crippen LogP contribution in [-0.2, 0) is 13.0 Å². The number of hydrogen-bond acceptors (Lipinski definition) is 5. The lowest BCUT2D eigenvalue weighted by Gasteiger charge is -2.07. The number of aromatic nitrogens is 3. The Morgan fingerprint density at radius 2 is 1.65 bits per heavy atom. The molecular weight excluding hydrogens is 350 g/mol. The minimum absolute atomic E-state index is 0.213. The summed E-state index contributed by atoms with van der Waals surface area (Å²) in [6.45, 7) is 1.12. The molecule has 0 aliphatic heterocycles. The summed E-state index contributed by atoms with van der Waals surface area (Å²) in [5.74, 6) is 0.277. The fourth-order valence-corrected chi connectivity index (χ4v) is 2.42. The predicted octanol–water partition coefficient (Wildman–Crippen LogP) is 3.11. The molecule has 0 atom stereocenters. The third-order valence-corrected chi connectivity index (χ3v) is 3.98. The Hall–Kier alpha value is -2.99. The maximum absolute atomic E-state index is 12.1. The van der Waals surface area contributed by atoms with E-state index in [4.69, 9.17) is 11.6 Å². The van der Waals surface area contributed by atoms with Crippen LogP contribution in [0.15, 0.2) is 61.2 Å². The maximum Gasteiger partial charge on any atom is 0.254 e. The van der Waals surface area contributed by atoms with Crippen molar-refractivity contribution >= 4 is 23.5 Å². The Kier molecular flexibility index (Phi) is 6.11. The highest BCUT2D eigenvalue weighted by Gasteiger charge is 2.07. The van der Waals surface area contributed by atoms with Gasteiger partial charge in [-0.15, -0.1) is 0 Å². The maximum atomic E-state index is 12.1. The van der Waals surface area contributed by atoms with E-state index in [-0.39, 0.29) is 5.91 Å². The third kappa shape index (κ3) is 5.26. The molecule has 132 valence electrons. The molecule has 0 unspecified atom stereocenters. The lowest BCUT2D eigenvalue weighted by atomic mass is 10.1. The van der Waals surface area contributed by atoms with Gasteiger partial charge in [0.25, 0.3) is 5.91 Å². The third-order valence-electron chi connectivity index (χ3n) is 3.73. The number of hydrogen-bond donors (Lipinski definition) is 2. The quantitative estimate of drug-likeness (QED) is 0.670. The Balaban J connectivity index is 1.46. The van der Waals surface area contributed by atoms with Crippen molar-refractivity contribution in [1.29, 1.82) is 0 Å². The van der Waals surface area contributed by atoms with Crippen molar-refractivity contribution in [3.63, 3.8) is 0 Å². The van der Waals surface area contributed by atoms with Gasteiger partial charge in [0.05, 0.1) is 5.56 Å². The standard InChI is InChI=1S/C19H18ClN5O/c20-17-3-1-14(2-4-17)7-10-22-19-24-12-16(13-25-19)18(26)23-11-15-5-8-21-9-6-15/h1-6,8-9,12-13H,7,10-11H2,(H,23,26)(H,22,24,25). The molecule has 0 saturated carbocycles. The first-order chi connectivity index (χ1) is 12.7. The largest absolute Gasteiger partial charge is 0.354 e. The van der Waals surface area contributed by atoms with Crippen LogP contribution in [0.4, 0.5) is 5.95 Å². The smallest absolute Gasteiger partial charge is 0.254 e. The number of nitrogens with zero attached hydrogens (tertiary/aromatic N) is 3. The molecule has 2 heterocycles. The predicted molar refractivity (Wildman–Crippen MR) is 101 cm³/mol. The summed E-state index contributed by atoms with van der Waals surface area (Å²) in [7, 11) is 0. The molecule has 0 fully saturated rings. The second-order valence-corrected chi connectivity index (χ2v) is 6.07. The summed E-state index contributed by atoms with van der Waals surface area (Å²) in [4.78, 5) is 24.4. The Morgan fingerprint density at radius 3 is 2.35 bits per heavy atom. The van der Waals surface area contributed by atoms with Gasteiger partial charge in [0.1, 0.15) is 0 Å². The van der Waals surface area contributed by atoms with Gasteiger partial charge in [-0.25, -0.2) is 9.97 Å². The van der Waals surface area contributed by atoms with Crippen LogP contribution in [0.2, 0.25) is 5.02 Å². The average molecular weight is 368 g/mol. The zero-order chi connectivity index (χ0) is 18.2. The minimum atomic E-state index is -0.213. The van der Waals surface area contributed by atoms with Gasteiger partial charge in [-0.3, -0.25) is 9.78 Å². The van der Waals surface area contributed by atoms with Gasteiger partial charge in [-0.1, -0.05) is 23.7 Å². The van der Waals surface area contributed by atoms with E-state index in [0.717, 1.165) is 17.0 Å². The summed E-state index contributed by atoms with van der Waals surface area (Å²) >= 11 is 5.87. The Labute approximate surface area is 156 Å². The number of carbonyl (C=O) groups is 1. The van der Waals surface area contributed by atoms with Crippen molar-refractivity contribution < 1.29 is 4.79 Å². The van der Waals surface area contributed by atoms with Crippen LogP contribution < -0.4 is 10.6 Å². The van der Waals surface area contributed by atoms with Gasteiger partial charge in [0.2, 0.25) is 5.95 Å². The van der Waals surface area contributed by atoms with E-state index >= 15 is 0 Å². The average Bonchev–Trinajstić information content (AvgIpc) is 2.69. The van der Waals surface area contributed by atoms with Crippen LogP contribution in [0, 0.1) is 0 Å². The SMILES string of the molecule is O=C(NCc1ccncc1)c1cnc(NCCc2ccc(Cl)cc2)nc1. The molecule has 0 aliphatic rings. The van der Waals surface area contributed by atoms with Crippen molar-refractivity contribution in [2.45, 2.75) is 13.0 Å². The van der Waals surface area contributed by atoms with E-state index in [1.165, 1.54) is 18.0 Å². The van der Waals surface area contributed by atoms with E-state index in [2.05, 4.69) is 25.6 Å². The van der Waals surface area contributed by atoms with Crippen LogP contribution in [0.5, 0.6) is 0 Å². The molecule has 6 nitrogen and oxygen atoms in total. The van der Waals surface area contributed by atoms with Crippen LogP contribution in [0.25, 0.3) is 0 Å². The van der Waals surface area contributed by atoms with Gasteiger partial charge >= 0.3 is 0 Å². The number of pyridine rings is 1. The fraction of sp³-hybridized carbons (Fsp3) is 0.158. The summed E-state index contributed by atoms with van der Waals surface area (Å²) in [5, 5.41) is 6.69. The fourth-order valence-electron chi connectivity index (χ4n) is 2.29. The zero-order valence-electron chi connectivity index (χ0n) is 14.0. The molecule has 3 aromatic rings. The summed E-state index contributed by atoms with van der Waals surface area (Å²) in [6, 6.07) is 11.4. The molecule has 0 radical (unpaired) electrons. The normalized spacial score (nSPS) is 10.3. The summed E-state index contributed by atoms with van der Waals surface area (Å²) < 4.78 is 0. The first kappa shape index (κ1) is 17.8. The lowest BCUT2D eigenvalue weighted by Crippen LogP contribution is -2.23. The number of amides is 1. The molecule has 3 rings (SSSR count). The van der Waals surface area contributed by atoms with E-state index in [0.29, 0.717) is 24.6 Å². The van der Waals surface area contributed by atoms with Gasteiger partial charge in [-0.2, -0.15) is 0 Å². The number of nitrogens with one attached hydrogen (secondary N) is 2. The lowest BCUT2D eigenvalue weighted by molar-refractivity contribution is 0.0950. The zero-order valence-corrected chi connectivity index (χ0v) is 14.8. The van der Waals surface area contributed by atoms with E-state index in [1.54, 1.807) is 12.4 Å². The van der Waals surface area contributed by atoms with Crippen LogP contribution in [0.1, 0.15) is 21.5 Å². The highest BCUT2D eigenvalue weighted by Crippen LogP contribution is 2.10. The molecule has 1 aromatic carbocycles. The highest BCUT2D eigenvalue weighted by molar-refractivity contribution is 6.30. The van der Waals surface area contributed by atoms with Crippen molar-refractivity contribution in [2.75, 3.05) is 11.9 Å². The van der Waals surface area contributed by atoms with Crippen molar-refractivity contribution in [1.82, 2.24) is 20.3 Å². The van der Waals surface area contributed by atoms with Crippen molar-refractivity contribution in [3.8, 4) is 0 Å². The number of rotatable bonds is 7. The molecule has 1 amide bonds. The first-order valence-electron chi connectivity index (χ1n) is 8.18. The first-order valence-corrected chi connectivity index (χ1v) is 8.56. The van der Waals surface area contributed by atoms with E-state index in [1.807, 2.05) is 36.4 Å². The van der Waals surface area contributed by atoms with Gasteiger partial charge in [0.15, 0.2) is 0 Å². The van der Waals surface area contributed by atoms with Crippen molar-refractivity contribution in [3.05, 3.63) is 82.9 Å². The minimum Gasteiger partial charge on any atom is -0.354 e. The van der Waals surface area contributed by atoms with Crippen LogP contribution in [-0.4, -0.2) is 27.4 Å². The molecule has 2 N–H and O–H groups in total. The number of anilines is 1. The highest BCUT2D eigenvalue weighted by atomic mass is 35.5. The number of benzene rings is 1. The van der Waals surface area contributed by atoms with E-state index < -0.39 is 0 Å². The summed E-state index contributed by atoms with van der Waals surface area (Å²) in [6.07, 6.45) is 7.23.